The molecule has 1 heterocycles. The average molecular weight is 333 g/mol. The van der Waals surface area contributed by atoms with Gasteiger partial charge in [-0.3, -0.25) is 4.79 Å². The summed E-state index contributed by atoms with van der Waals surface area (Å²) in [6.07, 6.45) is -1.09. The van der Waals surface area contributed by atoms with Crippen LogP contribution in [0, 0.1) is 11.6 Å². The Bertz CT molecular complexity index is 774. The number of amides is 1. The molecule has 1 amide bonds. The van der Waals surface area contributed by atoms with Crippen LogP contribution in [0.3, 0.4) is 0 Å². The number of ether oxygens (including phenoxy) is 1. The second kappa shape index (κ2) is 5.87. The lowest BCUT2D eigenvalue weighted by atomic mass is 9.86. The highest BCUT2D eigenvalue weighted by molar-refractivity contribution is 5.94. The number of fused-ring (bicyclic) bond motifs is 1. The Morgan fingerprint density at radius 1 is 1.12 bits per heavy atom. The van der Waals surface area contributed by atoms with E-state index < -0.39 is 35.3 Å². The number of nitrogens with one attached hydrogen (secondary N) is 1. The molecule has 0 fully saturated rings. The van der Waals surface area contributed by atoms with Crippen molar-refractivity contribution in [2.75, 3.05) is 0 Å². The molecule has 24 heavy (non-hydrogen) atoms. The van der Waals surface area contributed by atoms with Gasteiger partial charge in [0.05, 0.1) is 6.04 Å². The molecule has 0 spiro atoms. The Morgan fingerprint density at radius 3 is 2.42 bits per heavy atom. The first-order valence-corrected chi connectivity index (χ1v) is 7.51. The fourth-order valence-corrected chi connectivity index (χ4v) is 2.75. The molecule has 4 nitrogen and oxygen atoms in total. The minimum absolute atomic E-state index is 0.242. The summed E-state index contributed by atoms with van der Waals surface area (Å²) in [6.45, 7) is 3.36. The van der Waals surface area contributed by atoms with Gasteiger partial charge in [0.2, 0.25) is 0 Å². The van der Waals surface area contributed by atoms with Gasteiger partial charge in [0.15, 0.2) is 0 Å². The number of halogens is 2. The van der Waals surface area contributed by atoms with E-state index >= 15 is 0 Å². The minimum atomic E-state index is -1.09. The zero-order valence-electron chi connectivity index (χ0n) is 13.2. The summed E-state index contributed by atoms with van der Waals surface area (Å²) in [5.74, 6) is -1.04. The number of aliphatic hydroxyl groups excluding tert-OH is 1. The summed E-state index contributed by atoms with van der Waals surface area (Å²) in [7, 11) is 0. The Balaban J connectivity index is 1.95. The van der Waals surface area contributed by atoms with Gasteiger partial charge in [0, 0.05) is 11.1 Å². The lowest BCUT2D eigenvalue weighted by Gasteiger charge is -2.42. The number of carbonyl (C=O) groups excluding carboxylic acids is 1. The van der Waals surface area contributed by atoms with Gasteiger partial charge in [-0.25, -0.2) is 8.78 Å². The van der Waals surface area contributed by atoms with Crippen LogP contribution in [0.1, 0.15) is 35.8 Å². The van der Waals surface area contributed by atoms with Crippen LogP contribution >= 0.6 is 0 Å². The maximum Gasteiger partial charge on any atom is 0.251 e. The smallest absolute Gasteiger partial charge is 0.251 e. The first-order chi connectivity index (χ1) is 11.3. The highest BCUT2D eigenvalue weighted by Gasteiger charge is 2.43. The molecule has 0 saturated carbocycles. The molecule has 0 bridgehead atoms. The van der Waals surface area contributed by atoms with E-state index in [-0.39, 0.29) is 5.56 Å². The normalized spacial score (nSPS) is 21.5. The van der Waals surface area contributed by atoms with E-state index in [1.165, 1.54) is 42.5 Å². The van der Waals surface area contributed by atoms with Crippen LogP contribution in [0.25, 0.3) is 0 Å². The molecule has 0 aromatic heterocycles. The number of hydrogen-bond acceptors (Lipinski definition) is 3. The highest BCUT2D eigenvalue weighted by atomic mass is 19.1. The standard InChI is InChI=1S/C18H17F2NO3/c1-18(2)16(22)15(13-9-12(20)7-8-14(13)24-18)21-17(23)10-3-5-11(19)6-4-10/h3-9,15-16,22H,1-2H3,(H,21,23)/t15-,16+/m1/s1. The predicted octanol–water partition coefficient (Wildman–Crippen LogP) is 2.97. The van der Waals surface area contributed by atoms with Crippen molar-refractivity contribution in [1.82, 2.24) is 5.32 Å². The second-order valence-corrected chi connectivity index (χ2v) is 6.29. The van der Waals surface area contributed by atoms with E-state index in [0.29, 0.717) is 11.3 Å². The molecule has 126 valence electrons. The summed E-state index contributed by atoms with van der Waals surface area (Å²) < 4.78 is 32.3. The van der Waals surface area contributed by atoms with Crippen LogP contribution < -0.4 is 10.1 Å². The van der Waals surface area contributed by atoms with Crippen molar-refractivity contribution in [1.29, 1.82) is 0 Å². The van der Waals surface area contributed by atoms with Crippen molar-refractivity contribution < 1.29 is 23.4 Å². The molecule has 0 aliphatic carbocycles. The number of aliphatic hydroxyl groups is 1. The monoisotopic (exact) mass is 333 g/mol. The summed E-state index contributed by atoms with van der Waals surface area (Å²) >= 11 is 0. The van der Waals surface area contributed by atoms with E-state index in [0.717, 1.165) is 0 Å². The molecule has 2 aromatic carbocycles. The summed E-state index contributed by atoms with van der Waals surface area (Å²) in [6, 6.07) is 8.13. The number of carbonyl (C=O) groups is 1. The van der Waals surface area contributed by atoms with Crippen LogP contribution in [-0.4, -0.2) is 22.7 Å². The minimum Gasteiger partial charge on any atom is -0.485 e. The maximum absolute atomic E-state index is 13.6. The molecule has 2 N–H and O–H groups in total. The predicted molar refractivity (Wildman–Crippen MR) is 83.7 cm³/mol. The van der Waals surface area contributed by atoms with Crippen molar-refractivity contribution in [3.8, 4) is 5.75 Å². The zero-order valence-corrected chi connectivity index (χ0v) is 13.2. The molecule has 1 aliphatic rings. The molecule has 0 saturated heterocycles. The third-order valence-electron chi connectivity index (χ3n) is 4.10. The van der Waals surface area contributed by atoms with Crippen LogP contribution in [0.15, 0.2) is 42.5 Å². The SMILES string of the molecule is CC1(C)Oc2ccc(F)cc2[C@@H](NC(=O)c2ccc(F)cc2)[C@@H]1O. The fraction of sp³-hybridized carbons (Fsp3) is 0.278. The number of benzene rings is 2. The van der Waals surface area contributed by atoms with Gasteiger partial charge in [-0.05, 0) is 56.3 Å². The van der Waals surface area contributed by atoms with Crippen molar-refractivity contribution in [2.45, 2.75) is 31.6 Å². The van der Waals surface area contributed by atoms with E-state index in [2.05, 4.69) is 5.32 Å². The quantitative estimate of drug-likeness (QED) is 0.888. The molecule has 0 radical (unpaired) electrons. The van der Waals surface area contributed by atoms with Crippen LogP contribution in [0.2, 0.25) is 0 Å². The molecule has 3 rings (SSSR count). The van der Waals surface area contributed by atoms with Crippen LogP contribution in [-0.2, 0) is 0 Å². The zero-order chi connectivity index (χ0) is 17.5. The molecule has 1 aliphatic heterocycles. The van der Waals surface area contributed by atoms with E-state index in [4.69, 9.17) is 4.74 Å². The second-order valence-electron chi connectivity index (χ2n) is 6.29. The van der Waals surface area contributed by atoms with Gasteiger partial charge in [0.1, 0.15) is 29.1 Å². The first kappa shape index (κ1) is 16.4. The van der Waals surface area contributed by atoms with Crippen LogP contribution in [0.4, 0.5) is 8.78 Å². The van der Waals surface area contributed by atoms with E-state index in [1.807, 2.05) is 0 Å². The topological polar surface area (TPSA) is 58.6 Å². The third kappa shape index (κ3) is 2.97. The maximum atomic E-state index is 13.6. The lowest BCUT2D eigenvalue weighted by molar-refractivity contribution is -0.0629. The molecular formula is C18H17F2NO3. The largest absolute Gasteiger partial charge is 0.485 e. The van der Waals surface area contributed by atoms with Crippen molar-refractivity contribution in [3.63, 3.8) is 0 Å². The van der Waals surface area contributed by atoms with Crippen molar-refractivity contribution >= 4 is 5.91 Å². The Morgan fingerprint density at radius 2 is 1.75 bits per heavy atom. The molecule has 2 aromatic rings. The van der Waals surface area contributed by atoms with E-state index in [1.54, 1.807) is 13.8 Å². The van der Waals surface area contributed by atoms with Gasteiger partial charge in [-0.2, -0.15) is 0 Å². The van der Waals surface area contributed by atoms with Gasteiger partial charge in [0.25, 0.3) is 5.91 Å². The van der Waals surface area contributed by atoms with Gasteiger partial charge >= 0.3 is 0 Å². The molecule has 0 unspecified atom stereocenters. The van der Waals surface area contributed by atoms with Gasteiger partial charge in [-0.1, -0.05) is 0 Å². The van der Waals surface area contributed by atoms with E-state index in [9.17, 15) is 18.7 Å². The van der Waals surface area contributed by atoms with Crippen molar-refractivity contribution in [2.24, 2.45) is 0 Å². The number of hydrogen-bond donors (Lipinski definition) is 2. The molecular weight excluding hydrogens is 316 g/mol. The lowest BCUT2D eigenvalue weighted by Crippen LogP contribution is -2.53. The Labute approximate surface area is 138 Å². The fourth-order valence-electron chi connectivity index (χ4n) is 2.75. The van der Waals surface area contributed by atoms with Gasteiger partial charge in [-0.15, -0.1) is 0 Å². The molecule has 2 atom stereocenters. The summed E-state index contributed by atoms with van der Waals surface area (Å²) in [4.78, 5) is 12.4. The Kier molecular flexibility index (Phi) is 4.01. The van der Waals surface area contributed by atoms with Gasteiger partial charge < -0.3 is 15.2 Å². The summed E-state index contributed by atoms with van der Waals surface area (Å²) in [5, 5.41) is 13.2. The summed E-state index contributed by atoms with van der Waals surface area (Å²) in [5.41, 5.74) is -0.367. The van der Waals surface area contributed by atoms with Crippen LogP contribution in [0.5, 0.6) is 5.75 Å². The average Bonchev–Trinajstić information content (AvgIpc) is 2.53. The number of rotatable bonds is 2. The third-order valence-corrected chi connectivity index (χ3v) is 4.10. The molecule has 6 heteroatoms. The van der Waals surface area contributed by atoms with Crippen molar-refractivity contribution in [3.05, 3.63) is 65.2 Å². The highest BCUT2D eigenvalue weighted by Crippen LogP contribution is 2.40. The first-order valence-electron chi connectivity index (χ1n) is 7.51. The Hall–Kier alpha value is -2.47.